The van der Waals surface area contributed by atoms with Crippen LogP contribution >= 0.6 is 11.6 Å². The summed E-state index contributed by atoms with van der Waals surface area (Å²) in [6.07, 6.45) is -0.411. The maximum absolute atomic E-state index is 13.0. The van der Waals surface area contributed by atoms with Gasteiger partial charge in [0.25, 0.3) is 0 Å². The minimum Gasteiger partial charge on any atom is -0.371 e. The third-order valence-electron chi connectivity index (χ3n) is 3.72. The lowest BCUT2D eigenvalue weighted by Crippen LogP contribution is -2.42. The summed E-state index contributed by atoms with van der Waals surface area (Å²) in [6, 6.07) is 12.0. The van der Waals surface area contributed by atoms with E-state index in [2.05, 4.69) is 0 Å². The molecule has 0 aromatic heterocycles. The van der Waals surface area contributed by atoms with Crippen molar-refractivity contribution < 1.29 is 17.5 Å². The number of hydrogen-bond donors (Lipinski definition) is 0. The lowest BCUT2D eigenvalue weighted by molar-refractivity contribution is -0.00258. The van der Waals surface area contributed by atoms with E-state index in [9.17, 15) is 12.8 Å². The number of rotatable bonds is 3. The van der Waals surface area contributed by atoms with Gasteiger partial charge in [-0.2, -0.15) is 4.31 Å². The van der Waals surface area contributed by atoms with Gasteiger partial charge in [-0.05, 0) is 42.0 Å². The van der Waals surface area contributed by atoms with Crippen molar-refractivity contribution in [1.82, 2.24) is 4.31 Å². The number of ether oxygens (including phenoxy) is 1. The molecule has 2 aromatic rings. The molecule has 0 saturated carbocycles. The van der Waals surface area contributed by atoms with Crippen LogP contribution in [0, 0.1) is 5.82 Å². The topological polar surface area (TPSA) is 46.6 Å². The Balaban J connectivity index is 1.82. The molecule has 122 valence electrons. The minimum atomic E-state index is -3.61. The zero-order chi connectivity index (χ0) is 16.4. The lowest BCUT2D eigenvalue weighted by atomic mass is 10.1. The predicted octanol–water partition coefficient (Wildman–Crippen LogP) is 3.24. The molecular formula is C16H15ClFNO3S. The number of sulfonamides is 1. The van der Waals surface area contributed by atoms with Gasteiger partial charge in [0.2, 0.25) is 10.0 Å². The predicted molar refractivity (Wildman–Crippen MR) is 85.3 cm³/mol. The summed E-state index contributed by atoms with van der Waals surface area (Å²) >= 11 is 5.80. The van der Waals surface area contributed by atoms with Crippen LogP contribution in [0.1, 0.15) is 11.7 Å². The fraction of sp³-hybridized carbons (Fsp3) is 0.250. The average Bonchev–Trinajstić information content (AvgIpc) is 2.56. The summed E-state index contributed by atoms with van der Waals surface area (Å²) in [6.45, 7) is 0.758. The zero-order valence-corrected chi connectivity index (χ0v) is 13.7. The van der Waals surface area contributed by atoms with Crippen LogP contribution in [-0.2, 0) is 14.8 Å². The molecule has 1 aliphatic heterocycles. The van der Waals surface area contributed by atoms with Crippen molar-refractivity contribution in [3.63, 3.8) is 0 Å². The van der Waals surface area contributed by atoms with E-state index in [1.807, 2.05) is 0 Å². The van der Waals surface area contributed by atoms with Gasteiger partial charge in [-0.25, -0.2) is 12.8 Å². The standard InChI is InChI=1S/C16H15ClFNO3S/c17-13-3-7-15(8-4-13)23(20,21)19-9-10-22-16(11-19)12-1-5-14(18)6-2-12/h1-8,16H,9-11H2/t16-/m0/s1. The van der Waals surface area contributed by atoms with Crippen LogP contribution in [0.15, 0.2) is 53.4 Å². The van der Waals surface area contributed by atoms with E-state index in [0.29, 0.717) is 5.02 Å². The first kappa shape index (κ1) is 16.4. The Morgan fingerprint density at radius 2 is 1.74 bits per heavy atom. The van der Waals surface area contributed by atoms with Crippen LogP contribution in [0.4, 0.5) is 4.39 Å². The Labute approximate surface area is 139 Å². The fourth-order valence-electron chi connectivity index (χ4n) is 2.48. The Morgan fingerprint density at radius 1 is 1.09 bits per heavy atom. The molecule has 0 radical (unpaired) electrons. The van der Waals surface area contributed by atoms with Gasteiger partial charge in [0, 0.05) is 18.1 Å². The van der Waals surface area contributed by atoms with Gasteiger partial charge in [-0.1, -0.05) is 23.7 Å². The lowest BCUT2D eigenvalue weighted by Gasteiger charge is -2.32. The normalized spacial score (nSPS) is 19.7. The number of benzene rings is 2. The molecule has 23 heavy (non-hydrogen) atoms. The molecule has 0 amide bonds. The van der Waals surface area contributed by atoms with Crippen molar-refractivity contribution in [2.45, 2.75) is 11.0 Å². The number of nitrogens with zero attached hydrogens (tertiary/aromatic N) is 1. The van der Waals surface area contributed by atoms with Crippen LogP contribution < -0.4 is 0 Å². The maximum Gasteiger partial charge on any atom is 0.243 e. The van der Waals surface area contributed by atoms with Gasteiger partial charge in [0.15, 0.2) is 0 Å². The highest BCUT2D eigenvalue weighted by molar-refractivity contribution is 7.89. The van der Waals surface area contributed by atoms with Gasteiger partial charge in [0.1, 0.15) is 5.82 Å². The molecule has 1 heterocycles. The molecule has 3 rings (SSSR count). The van der Waals surface area contributed by atoms with Gasteiger partial charge < -0.3 is 4.74 Å². The van der Waals surface area contributed by atoms with Crippen LogP contribution in [0.3, 0.4) is 0 Å². The Morgan fingerprint density at radius 3 is 2.39 bits per heavy atom. The summed E-state index contributed by atoms with van der Waals surface area (Å²) in [7, 11) is -3.61. The highest BCUT2D eigenvalue weighted by atomic mass is 35.5. The monoisotopic (exact) mass is 355 g/mol. The summed E-state index contributed by atoms with van der Waals surface area (Å²) in [5.41, 5.74) is 0.752. The summed E-state index contributed by atoms with van der Waals surface area (Å²) in [5, 5.41) is 0.482. The minimum absolute atomic E-state index is 0.191. The molecule has 1 fully saturated rings. The molecule has 0 unspecified atom stereocenters. The van der Waals surface area contributed by atoms with E-state index in [4.69, 9.17) is 16.3 Å². The Bertz CT molecular complexity index is 778. The first-order valence-electron chi connectivity index (χ1n) is 7.09. The summed E-state index contributed by atoms with van der Waals surface area (Å²) in [4.78, 5) is 0.196. The smallest absolute Gasteiger partial charge is 0.243 e. The average molecular weight is 356 g/mol. The van der Waals surface area contributed by atoms with Crippen LogP contribution in [0.5, 0.6) is 0 Å². The maximum atomic E-state index is 13.0. The summed E-state index contributed by atoms with van der Waals surface area (Å²) < 4.78 is 45.4. The van der Waals surface area contributed by atoms with E-state index in [0.717, 1.165) is 5.56 Å². The SMILES string of the molecule is O=S(=O)(c1ccc(Cl)cc1)N1CCO[C@H](c2ccc(F)cc2)C1. The first-order valence-corrected chi connectivity index (χ1v) is 8.91. The van der Waals surface area contributed by atoms with Crippen molar-refractivity contribution in [2.24, 2.45) is 0 Å². The van der Waals surface area contributed by atoms with Crippen LogP contribution in [0.25, 0.3) is 0 Å². The van der Waals surface area contributed by atoms with Gasteiger partial charge in [0.05, 0.1) is 17.6 Å². The number of halogens is 2. The molecule has 2 aromatic carbocycles. The van der Waals surface area contributed by atoms with Crippen molar-refractivity contribution in [1.29, 1.82) is 0 Å². The van der Waals surface area contributed by atoms with E-state index < -0.39 is 16.1 Å². The van der Waals surface area contributed by atoms with Gasteiger partial charge in [-0.3, -0.25) is 0 Å². The quantitative estimate of drug-likeness (QED) is 0.849. The number of morpholine rings is 1. The van der Waals surface area contributed by atoms with E-state index in [1.54, 1.807) is 24.3 Å². The molecule has 0 spiro atoms. The van der Waals surface area contributed by atoms with E-state index in [-0.39, 0.29) is 30.4 Å². The molecule has 0 bridgehead atoms. The zero-order valence-electron chi connectivity index (χ0n) is 12.2. The third kappa shape index (κ3) is 3.55. The molecule has 4 nitrogen and oxygen atoms in total. The first-order chi connectivity index (χ1) is 11.0. The van der Waals surface area contributed by atoms with Gasteiger partial charge in [-0.15, -0.1) is 0 Å². The molecule has 1 aliphatic rings. The molecule has 7 heteroatoms. The summed E-state index contributed by atoms with van der Waals surface area (Å²) in [5.74, 6) is -0.338. The largest absolute Gasteiger partial charge is 0.371 e. The third-order valence-corrected chi connectivity index (χ3v) is 5.85. The molecule has 0 N–H and O–H groups in total. The molecular weight excluding hydrogens is 341 g/mol. The highest BCUT2D eigenvalue weighted by Gasteiger charge is 2.31. The second-order valence-electron chi connectivity index (χ2n) is 5.23. The van der Waals surface area contributed by atoms with Crippen LogP contribution in [0.2, 0.25) is 5.02 Å². The Hall–Kier alpha value is -1.47. The second kappa shape index (κ2) is 6.57. The van der Waals surface area contributed by atoms with Crippen molar-refractivity contribution >= 4 is 21.6 Å². The molecule has 0 aliphatic carbocycles. The van der Waals surface area contributed by atoms with Crippen LogP contribution in [-0.4, -0.2) is 32.4 Å². The highest BCUT2D eigenvalue weighted by Crippen LogP contribution is 2.27. The fourth-order valence-corrected chi connectivity index (χ4v) is 4.03. The van der Waals surface area contributed by atoms with Gasteiger partial charge >= 0.3 is 0 Å². The van der Waals surface area contributed by atoms with Crippen molar-refractivity contribution in [3.8, 4) is 0 Å². The molecule has 1 saturated heterocycles. The van der Waals surface area contributed by atoms with E-state index in [1.165, 1.54) is 28.6 Å². The van der Waals surface area contributed by atoms with Crippen molar-refractivity contribution in [3.05, 3.63) is 64.9 Å². The van der Waals surface area contributed by atoms with E-state index >= 15 is 0 Å². The second-order valence-corrected chi connectivity index (χ2v) is 7.60. The Kier molecular flexibility index (Phi) is 4.68. The van der Waals surface area contributed by atoms with Crippen molar-refractivity contribution in [2.75, 3.05) is 19.7 Å². The number of hydrogen-bond acceptors (Lipinski definition) is 3. The molecule has 1 atom stereocenters.